The van der Waals surface area contributed by atoms with Crippen molar-refractivity contribution in [3.05, 3.63) is 47.5 Å². The standard InChI is InChI=1S/C17H20O3/c1-10(2)20-17(19)12-5-3-11(4-6-12)15-9-13-7-8-14(15)16(13)18/h3-8,10,13-16,18H,9H2,1-2H3. The van der Waals surface area contributed by atoms with Gasteiger partial charge < -0.3 is 9.84 Å². The lowest BCUT2D eigenvalue weighted by Gasteiger charge is -2.19. The van der Waals surface area contributed by atoms with Crippen LogP contribution in [0.25, 0.3) is 0 Å². The lowest BCUT2D eigenvalue weighted by Crippen LogP contribution is -2.15. The molecule has 3 heteroatoms. The predicted octanol–water partition coefficient (Wildman–Crippen LogP) is 2.90. The molecule has 1 N–H and O–H groups in total. The highest BCUT2D eigenvalue weighted by molar-refractivity contribution is 5.89. The van der Waals surface area contributed by atoms with E-state index in [9.17, 15) is 9.90 Å². The first kappa shape index (κ1) is 13.4. The average Bonchev–Trinajstić information content (AvgIpc) is 2.94. The van der Waals surface area contributed by atoms with Gasteiger partial charge in [0.1, 0.15) is 0 Å². The van der Waals surface area contributed by atoms with Crippen LogP contribution < -0.4 is 0 Å². The summed E-state index contributed by atoms with van der Waals surface area (Å²) >= 11 is 0. The van der Waals surface area contributed by atoms with Crippen molar-refractivity contribution in [2.75, 3.05) is 0 Å². The van der Waals surface area contributed by atoms with Crippen LogP contribution in [0.2, 0.25) is 0 Å². The number of ether oxygens (including phenoxy) is 1. The molecule has 1 aromatic rings. The van der Waals surface area contributed by atoms with E-state index >= 15 is 0 Å². The van der Waals surface area contributed by atoms with Gasteiger partial charge >= 0.3 is 5.97 Å². The molecule has 3 rings (SSSR count). The molecule has 0 saturated heterocycles. The average molecular weight is 272 g/mol. The highest BCUT2D eigenvalue weighted by atomic mass is 16.5. The molecule has 0 heterocycles. The fourth-order valence-corrected chi connectivity index (χ4v) is 3.33. The molecule has 2 aliphatic carbocycles. The topological polar surface area (TPSA) is 46.5 Å². The van der Waals surface area contributed by atoms with Crippen LogP contribution >= 0.6 is 0 Å². The summed E-state index contributed by atoms with van der Waals surface area (Å²) in [5.41, 5.74) is 1.78. The molecule has 106 valence electrons. The van der Waals surface area contributed by atoms with Gasteiger partial charge in [-0.15, -0.1) is 0 Å². The van der Waals surface area contributed by atoms with Crippen LogP contribution in [0.3, 0.4) is 0 Å². The molecule has 4 unspecified atom stereocenters. The van der Waals surface area contributed by atoms with Crippen molar-refractivity contribution in [2.24, 2.45) is 11.8 Å². The molecular weight excluding hydrogens is 252 g/mol. The summed E-state index contributed by atoms with van der Waals surface area (Å²) in [5.74, 6) is 0.624. The van der Waals surface area contributed by atoms with Crippen LogP contribution in [0.15, 0.2) is 36.4 Å². The summed E-state index contributed by atoms with van der Waals surface area (Å²) in [6.45, 7) is 3.69. The number of fused-ring (bicyclic) bond motifs is 2. The third kappa shape index (κ3) is 2.27. The minimum Gasteiger partial charge on any atom is -0.459 e. The van der Waals surface area contributed by atoms with Gasteiger partial charge in [-0.05, 0) is 43.9 Å². The number of hydrogen-bond acceptors (Lipinski definition) is 3. The van der Waals surface area contributed by atoms with E-state index in [1.54, 1.807) is 0 Å². The fraction of sp³-hybridized carbons (Fsp3) is 0.471. The first-order valence-electron chi connectivity index (χ1n) is 7.23. The van der Waals surface area contributed by atoms with Gasteiger partial charge in [0.15, 0.2) is 0 Å². The molecule has 2 bridgehead atoms. The molecule has 0 aromatic heterocycles. The zero-order valence-electron chi connectivity index (χ0n) is 11.8. The number of benzene rings is 1. The smallest absolute Gasteiger partial charge is 0.338 e. The van der Waals surface area contributed by atoms with E-state index in [4.69, 9.17) is 4.74 Å². The molecule has 20 heavy (non-hydrogen) atoms. The highest BCUT2D eigenvalue weighted by Gasteiger charge is 2.44. The van der Waals surface area contributed by atoms with Gasteiger partial charge in [-0.3, -0.25) is 0 Å². The number of hydrogen-bond donors (Lipinski definition) is 1. The molecule has 1 fully saturated rings. The summed E-state index contributed by atoms with van der Waals surface area (Å²) in [6, 6.07) is 7.62. The number of aliphatic hydroxyl groups is 1. The minimum atomic E-state index is -0.278. The molecule has 3 nitrogen and oxygen atoms in total. The number of rotatable bonds is 3. The summed E-state index contributed by atoms with van der Waals surface area (Å²) in [7, 11) is 0. The molecule has 0 radical (unpaired) electrons. The van der Waals surface area contributed by atoms with E-state index in [0.717, 1.165) is 6.42 Å². The first-order chi connectivity index (χ1) is 9.56. The van der Waals surface area contributed by atoms with Gasteiger partial charge in [-0.2, -0.15) is 0 Å². The van der Waals surface area contributed by atoms with Gasteiger partial charge in [0.25, 0.3) is 0 Å². The SMILES string of the molecule is CC(C)OC(=O)c1ccc(C2CC3C=CC2C3O)cc1. The largest absolute Gasteiger partial charge is 0.459 e. The summed E-state index contributed by atoms with van der Waals surface area (Å²) in [4.78, 5) is 11.8. The number of aliphatic hydroxyl groups excluding tert-OH is 1. The molecule has 0 amide bonds. The van der Waals surface area contributed by atoms with Gasteiger partial charge in [0, 0.05) is 11.8 Å². The second-order valence-corrected chi connectivity index (χ2v) is 6.03. The third-order valence-electron chi connectivity index (χ3n) is 4.32. The molecule has 1 aromatic carbocycles. The quantitative estimate of drug-likeness (QED) is 0.680. The number of carbonyl (C=O) groups excluding carboxylic acids is 1. The van der Waals surface area contributed by atoms with E-state index in [1.807, 2.05) is 38.1 Å². The third-order valence-corrected chi connectivity index (χ3v) is 4.32. The van der Waals surface area contributed by atoms with Gasteiger partial charge in [-0.25, -0.2) is 4.79 Å². The molecule has 0 aliphatic heterocycles. The predicted molar refractivity (Wildman–Crippen MR) is 76.5 cm³/mol. The Balaban J connectivity index is 1.74. The van der Waals surface area contributed by atoms with Crippen molar-refractivity contribution < 1.29 is 14.6 Å². The molecule has 1 saturated carbocycles. The maximum absolute atomic E-state index is 11.8. The summed E-state index contributed by atoms with van der Waals surface area (Å²) in [5, 5.41) is 10.1. The number of carbonyl (C=O) groups is 1. The Morgan fingerprint density at radius 1 is 1.25 bits per heavy atom. The summed E-state index contributed by atoms with van der Waals surface area (Å²) < 4.78 is 5.18. The maximum Gasteiger partial charge on any atom is 0.338 e. The van der Waals surface area contributed by atoms with E-state index in [-0.39, 0.29) is 24.1 Å². The van der Waals surface area contributed by atoms with Crippen LogP contribution in [-0.2, 0) is 4.74 Å². The Kier molecular flexibility index (Phi) is 3.38. The Bertz CT molecular complexity index is 530. The Morgan fingerprint density at radius 3 is 2.45 bits per heavy atom. The Morgan fingerprint density at radius 2 is 1.95 bits per heavy atom. The van der Waals surface area contributed by atoms with Crippen LogP contribution in [0.5, 0.6) is 0 Å². The molecular formula is C17H20O3. The van der Waals surface area contributed by atoms with Crippen LogP contribution in [0.4, 0.5) is 0 Å². The number of esters is 1. The highest BCUT2D eigenvalue weighted by Crippen LogP contribution is 2.48. The van der Waals surface area contributed by atoms with Crippen molar-refractivity contribution in [1.29, 1.82) is 0 Å². The molecule has 0 spiro atoms. The van der Waals surface area contributed by atoms with E-state index in [0.29, 0.717) is 17.4 Å². The van der Waals surface area contributed by atoms with Gasteiger partial charge in [0.2, 0.25) is 0 Å². The monoisotopic (exact) mass is 272 g/mol. The van der Waals surface area contributed by atoms with Crippen molar-refractivity contribution in [2.45, 2.75) is 38.4 Å². The van der Waals surface area contributed by atoms with Gasteiger partial charge in [-0.1, -0.05) is 24.3 Å². The maximum atomic E-state index is 11.8. The molecule has 4 atom stereocenters. The van der Waals surface area contributed by atoms with E-state index in [2.05, 4.69) is 12.2 Å². The van der Waals surface area contributed by atoms with Crippen molar-refractivity contribution in [3.8, 4) is 0 Å². The van der Waals surface area contributed by atoms with Crippen LogP contribution in [0, 0.1) is 11.8 Å². The lowest BCUT2D eigenvalue weighted by atomic mass is 9.86. The van der Waals surface area contributed by atoms with Crippen LogP contribution in [-0.4, -0.2) is 23.3 Å². The first-order valence-corrected chi connectivity index (χ1v) is 7.23. The van der Waals surface area contributed by atoms with Crippen molar-refractivity contribution >= 4 is 5.97 Å². The Hall–Kier alpha value is -1.61. The minimum absolute atomic E-state index is 0.104. The zero-order chi connectivity index (χ0) is 14.3. The molecule has 2 aliphatic rings. The fourth-order valence-electron chi connectivity index (χ4n) is 3.33. The Labute approximate surface area is 119 Å². The van der Waals surface area contributed by atoms with E-state index < -0.39 is 0 Å². The lowest BCUT2D eigenvalue weighted by molar-refractivity contribution is 0.0378. The van der Waals surface area contributed by atoms with Gasteiger partial charge in [0.05, 0.1) is 17.8 Å². The van der Waals surface area contributed by atoms with Crippen LogP contribution in [0.1, 0.15) is 42.1 Å². The van der Waals surface area contributed by atoms with Crippen molar-refractivity contribution in [3.63, 3.8) is 0 Å². The normalized spacial score (nSPS) is 31.0. The van der Waals surface area contributed by atoms with Crippen molar-refractivity contribution in [1.82, 2.24) is 0 Å². The summed E-state index contributed by atoms with van der Waals surface area (Å²) in [6.07, 6.45) is 4.92. The zero-order valence-corrected chi connectivity index (χ0v) is 11.8. The second-order valence-electron chi connectivity index (χ2n) is 6.03. The van der Waals surface area contributed by atoms with E-state index in [1.165, 1.54) is 5.56 Å². The second kappa shape index (κ2) is 5.06.